The van der Waals surface area contributed by atoms with Crippen LogP contribution in [0.5, 0.6) is 0 Å². The number of H-pyrrole nitrogens is 1. The molecule has 0 radical (unpaired) electrons. The smallest absolute Gasteiger partial charge is 0.410 e. The molecule has 8 rings (SSSR count). The number of carbonyl (C=O) groups is 11. The number of piperidine rings is 1. The molecule has 766 valence electrons. The first-order chi connectivity index (χ1) is 66.4. The van der Waals surface area contributed by atoms with E-state index in [1.54, 1.807) is 97.8 Å². The van der Waals surface area contributed by atoms with Gasteiger partial charge in [0.05, 0.1) is 124 Å². The Balaban J connectivity index is 0.768. The van der Waals surface area contributed by atoms with Crippen molar-refractivity contribution in [1.82, 2.24) is 66.9 Å². The van der Waals surface area contributed by atoms with Gasteiger partial charge in [-0.3, -0.25) is 48.1 Å². The molecule has 0 unspecified atom stereocenters. The number of hydrogen-bond donors (Lipinski definition) is 14. The molecule has 40 heteroatoms. The molecule has 2 saturated heterocycles. The number of anilines is 3. The molecule has 4 heterocycles. The lowest BCUT2D eigenvalue weighted by Crippen LogP contribution is -2.60. The lowest BCUT2D eigenvalue weighted by atomic mass is 9.89. The third-order valence-corrected chi connectivity index (χ3v) is 25.3. The van der Waals surface area contributed by atoms with E-state index in [-0.39, 0.29) is 163 Å². The quantitative estimate of drug-likeness (QED) is 0.0161. The lowest BCUT2D eigenvalue weighted by molar-refractivity contribution is -0.148. The maximum atomic E-state index is 15.0. The average molecular weight is 1960 g/mol. The Bertz CT molecular complexity index is 4990. The van der Waals surface area contributed by atoms with Crippen molar-refractivity contribution >= 4 is 105 Å². The zero-order valence-electron chi connectivity index (χ0n) is 83.0. The minimum atomic E-state index is -1.28. The molecule has 2 fully saturated rings. The monoisotopic (exact) mass is 1960 g/mol. The normalized spacial score (nSPS) is 15.8. The van der Waals surface area contributed by atoms with E-state index < -0.39 is 138 Å². The van der Waals surface area contributed by atoms with Crippen molar-refractivity contribution in [3.63, 3.8) is 0 Å². The van der Waals surface area contributed by atoms with Crippen LogP contribution in [0, 0.1) is 42.3 Å². The number of urea groups is 1. The Labute approximate surface area is 819 Å². The summed E-state index contributed by atoms with van der Waals surface area (Å²) in [5.41, 5.74) is 23.5. The van der Waals surface area contributed by atoms with Crippen LogP contribution in [-0.4, -0.2) is 294 Å². The summed E-state index contributed by atoms with van der Waals surface area (Å²) in [6.07, 6.45) is 1.58. The van der Waals surface area contributed by atoms with Gasteiger partial charge in [-0.05, 0) is 135 Å². The summed E-state index contributed by atoms with van der Waals surface area (Å²) in [5, 5.41) is 37.2. The predicted octanol–water partition coefficient (Wildman–Crippen LogP) is 7.99. The largest absolute Gasteiger partial charge is 0.445 e. The number of pyridine rings is 1. The third-order valence-electron chi connectivity index (χ3n) is 25.1. The summed E-state index contributed by atoms with van der Waals surface area (Å²) >= 11 is 6.39. The highest BCUT2D eigenvalue weighted by Crippen LogP contribution is 2.45. The van der Waals surface area contributed by atoms with Crippen molar-refractivity contribution < 1.29 is 95.4 Å². The van der Waals surface area contributed by atoms with Crippen LogP contribution < -0.4 is 70.0 Å². The first-order valence-corrected chi connectivity index (χ1v) is 48.5. The Morgan fingerprint density at radius 1 is 0.683 bits per heavy atom. The van der Waals surface area contributed by atoms with Gasteiger partial charge in [-0.1, -0.05) is 123 Å². The molecular formula is C99H147ClFN19O19. The zero-order valence-corrected chi connectivity index (χ0v) is 83.7. The first-order valence-electron chi connectivity index (χ1n) is 48.1. The van der Waals surface area contributed by atoms with Crippen molar-refractivity contribution in [2.45, 2.75) is 214 Å². The molecule has 0 spiro atoms. The van der Waals surface area contributed by atoms with Gasteiger partial charge in [-0.25, -0.2) is 23.9 Å². The number of nitrogens with zero attached hydrogens (tertiary/aromatic N) is 6. The second-order valence-corrected chi connectivity index (χ2v) is 37.0. The molecule has 0 saturated carbocycles. The molecule has 6 aromatic rings. The van der Waals surface area contributed by atoms with Gasteiger partial charge in [0.25, 0.3) is 5.91 Å². The van der Waals surface area contributed by atoms with Crippen molar-refractivity contribution in [2.24, 2.45) is 46.8 Å². The zero-order chi connectivity index (χ0) is 102. The number of aryl methyl sites for hydroxylation is 1. The van der Waals surface area contributed by atoms with Gasteiger partial charge in [-0.15, -0.1) is 0 Å². The number of likely N-dealkylation sites (N-methyl/N-ethyl adjacent to an activating group) is 2. The summed E-state index contributed by atoms with van der Waals surface area (Å²) in [6, 6.07) is 16.3. The van der Waals surface area contributed by atoms with E-state index >= 15 is 9.18 Å². The van der Waals surface area contributed by atoms with Crippen LogP contribution in [0.3, 0.4) is 0 Å². The number of methoxy groups -OCH3 is 2. The average Bonchev–Trinajstić information content (AvgIpc) is 1.67. The second-order valence-electron chi connectivity index (χ2n) is 36.6. The summed E-state index contributed by atoms with van der Waals surface area (Å²) < 4.78 is 55.6. The van der Waals surface area contributed by atoms with Crippen LogP contribution in [0.2, 0.25) is 5.02 Å². The number of aliphatic hydroxyl groups excluding tert-OH is 1. The van der Waals surface area contributed by atoms with Gasteiger partial charge in [0, 0.05) is 133 Å². The number of nitrogens with one attached hydrogen (secondary N) is 10. The molecular weight excluding hydrogens is 1810 g/mol. The van der Waals surface area contributed by atoms with E-state index in [0.717, 1.165) is 40.1 Å². The van der Waals surface area contributed by atoms with Crippen LogP contribution in [0.25, 0.3) is 33.5 Å². The maximum absolute atomic E-state index is 15.0. The number of aliphatic hydroxyl groups is 1. The highest BCUT2D eigenvalue weighted by Gasteiger charge is 2.45. The summed E-state index contributed by atoms with van der Waals surface area (Å²) in [7, 11) is 5.97. The number of amides is 12. The number of rotatable bonds is 57. The summed E-state index contributed by atoms with van der Waals surface area (Å²) in [4.78, 5) is 173. The number of primary amides is 1. The molecule has 0 aliphatic carbocycles. The van der Waals surface area contributed by atoms with E-state index in [2.05, 4.69) is 57.7 Å². The molecule has 0 bridgehead atoms. The number of likely N-dealkylation sites (tertiary alicyclic amines) is 1. The van der Waals surface area contributed by atoms with Gasteiger partial charge in [-0.2, -0.15) is 0 Å². The number of halogens is 2. The molecule has 12 atom stereocenters. The van der Waals surface area contributed by atoms with Crippen LogP contribution in [0.15, 0.2) is 91.1 Å². The number of hydrogen-bond acceptors (Lipinski definition) is 25. The Morgan fingerprint density at radius 2 is 1.35 bits per heavy atom. The highest BCUT2D eigenvalue weighted by atomic mass is 35.5. The predicted molar refractivity (Wildman–Crippen MR) is 528 cm³/mol. The fourth-order valence-electron chi connectivity index (χ4n) is 17.3. The number of aromatic nitrogens is 3. The number of aromatic amines is 1. The number of imidazole rings is 1. The fraction of sp³-hybridized carbons (Fsp3) is 0.586. The summed E-state index contributed by atoms with van der Waals surface area (Å²) in [6.45, 7) is 23.0. The molecule has 38 nitrogen and oxygen atoms in total. The van der Waals surface area contributed by atoms with Crippen molar-refractivity contribution in [3.8, 4) is 22.5 Å². The van der Waals surface area contributed by atoms with Crippen molar-refractivity contribution in [2.75, 3.05) is 149 Å². The van der Waals surface area contributed by atoms with Crippen LogP contribution >= 0.6 is 11.6 Å². The third kappa shape index (κ3) is 33.7. The second kappa shape index (κ2) is 56.8. The number of nitrogens with two attached hydrogens (primary N) is 3. The van der Waals surface area contributed by atoms with Crippen molar-refractivity contribution in [3.05, 3.63) is 124 Å². The number of fused-ring (bicyclic) bond motifs is 1. The number of ether oxygens (including phenoxy) is 7. The van der Waals surface area contributed by atoms with Gasteiger partial charge in [0.15, 0.2) is 0 Å². The lowest BCUT2D eigenvalue weighted by Gasteiger charge is -2.41. The Morgan fingerprint density at radius 3 is 1.96 bits per heavy atom. The van der Waals surface area contributed by atoms with E-state index in [9.17, 15) is 53.1 Å². The van der Waals surface area contributed by atoms with Crippen LogP contribution in [0.1, 0.15) is 167 Å². The van der Waals surface area contributed by atoms with Gasteiger partial charge in [0.1, 0.15) is 48.2 Å². The molecule has 2 aliphatic rings. The topological polar surface area (TPSA) is 513 Å². The van der Waals surface area contributed by atoms with E-state index in [4.69, 9.17) is 71.9 Å². The van der Waals surface area contributed by atoms with Gasteiger partial charge in [0.2, 0.25) is 47.3 Å². The van der Waals surface area contributed by atoms with E-state index in [0.29, 0.717) is 84.3 Å². The van der Waals surface area contributed by atoms with E-state index in [1.807, 2.05) is 51.1 Å². The van der Waals surface area contributed by atoms with Crippen molar-refractivity contribution in [1.29, 1.82) is 0 Å². The molecule has 2 aliphatic heterocycles. The van der Waals surface area contributed by atoms with Crippen LogP contribution in [0.4, 0.5) is 31.2 Å². The van der Waals surface area contributed by atoms with Gasteiger partial charge < -0.3 is 123 Å². The highest BCUT2D eigenvalue weighted by molar-refractivity contribution is 6.31. The maximum Gasteiger partial charge on any atom is 0.410 e. The standard InChI is InChI=1S/C99H147ClFN19O19/c1-16-62(9)86(78(133-14)55-81(123)120-39-21-25-77(120)89(134-15)63(10)92(125)110-64(11)88(124)65-22-18-17-19-23-65)117(12)97(130)84(59(4)5)116-96(129)85(60(6)7)118(13)99(132)139-57-66-26-28-71(54-72(66)93(126)107-36-34-102)111-94(127)75(24-20-35-108-98(104)131)114-95(128)83(58(2)3)115-80(122)33-43-136-45-47-138-49-48-137-46-44-135-42-32-79(121)105-37-38-106-90-82(91-112-74-29-27-68(100)53-76(74)113-91)87(119-40-30-70(103)31-41-119)73(56-109-90)67-50-61(8)51-69(101)52-67/h17-19,22-23,26-29,50-54,56,58-60,62-64,70,75,77-78,83-86,88-89,124H,16,20-21,24-25,30-49,55,57,102-103H2,1-15H3,(H,105,121)(H,106,109)(H,107,126)(H,110,125)(H,111,127)(H,112,113)(H,114,128)(H,115,122)(H,116,129)(H3,104,108,131)/t62-,63+,64+,75-,77-,78+,83-,84-,85-,86-,88+,89+/m0/s1. The molecule has 17 N–H and O–H groups in total. The van der Waals surface area contributed by atoms with Crippen LogP contribution in [-0.2, 0) is 78.1 Å². The molecule has 139 heavy (non-hydrogen) atoms. The molecule has 2 aromatic heterocycles. The van der Waals surface area contributed by atoms with Gasteiger partial charge >= 0.3 is 12.1 Å². The Kier molecular flexibility index (Phi) is 46.2. The molecule has 4 aromatic carbocycles. The minimum Gasteiger partial charge on any atom is -0.445 e. The number of benzene rings is 4. The Hall–Kier alpha value is -11.3. The molecule has 12 amide bonds. The summed E-state index contributed by atoms with van der Waals surface area (Å²) in [5.74, 6) is -6.32. The minimum absolute atomic E-state index is 0.0151. The van der Waals surface area contributed by atoms with E-state index in [1.165, 1.54) is 56.5 Å². The number of carbonyl (C=O) groups excluding carboxylic acids is 11. The fourth-order valence-corrected chi connectivity index (χ4v) is 17.5. The first kappa shape index (κ1) is 113. The SMILES string of the molecule is CC[C@H](C)[C@@H]([C@@H](CC(=O)N1CCC[C@H]1[C@H](OC)[C@@H](C)C(=O)N[C@H](C)[C@@H](O)c1ccccc1)OC)N(C)C(=O)[C@@H](NC(=O)[C@H](C(C)C)N(C)C(=O)OCc1ccc(NC(=O)[C@H](CCCNC(N)=O)NC(=O)[C@@H](NC(=O)CCOCCOCCOCCOCCC(=O)NCCNc2ncc(-c3cc(C)cc(F)c3)c(N3CCC(N)CC3)c2-c2nc3ccc(Cl)cc3[nH]2)C(C)C)cc1C(=O)NCCN)C(C)C.